The number of nitrogens with zero attached hydrogens (tertiary/aromatic N) is 4. The van der Waals surface area contributed by atoms with E-state index in [0.717, 1.165) is 16.7 Å². The Bertz CT molecular complexity index is 887. The van der Waals surface area contributed by atoms with Gasteiger partial charge in [0.15, 0.2) is 11.5 Å². The molecule has 29 heavy (non-hydrogen) atoms. The van der Waals surface area contributed by atoms with E-state index in [1.165, 1.54) is 11.2 Å². The number of carbonyl (C=O) groups is 1. The van der Waals surface area contributed by atoms with Crippen molar-refractivity contribution in [3.63, 3.8) is 0 Å². The van der Waals surface area contributed by atoms with Crippen molar-refractivity contribution in [3.05, 3.63) is 18.5 Å². The first-order valence-electron chi connectivity index (χ1n) is 9.52. The molecule has 3 rings (SSSR count). The van der Waals surface area contributed by atoms with Crippen molar-refractivity contribution in [1.29, 1.82) is 0 Å². The van der Waals surface area contributed by atoms with E-state index in [4.69, 9.17) is 21.1 Å². The molecule has 1 N–H and O–H groups in total. The number of piperazine rings is 1. The van der Waals surface area contributed by atoms with Gasteiger partial charge in [0.1, 0.15) is 18.8 Å². The van der Waals surface area contributed by atoms with Crippen molar-refractivity contribution in [2.75, 3.05) is 44.1 Å². The normalized spacial score (nSPS) is 17.5. The van der Waals surface area contributed by atoms with Gasteiger partial charge in [-0.1, -0.05) is 20.8 Å². The van der Waals surface area contributed by atoms with Gasteiger partial charge in [-0.15, -0.1) is 11.6 Å². The highest BCUT2D eigenvalue weighted by molar-refractivity contribution is 6.18. The molecule has 1 unspecified atom stereocenters. The summed E-state index contributed by atoms with van der Waals surface area (Å²) in [7, 11) is 1.58. The number of benzene rings is 1. The number of halogens is 1. The summed E-state index contributed by atoms with van der Waals surface area (Å²) in [6, 6.07) is 3.52. The van der Waals surface area contributed by atoms with Crippen LogP contribution in [0.5, 0.6) is 11.5 Å². The highest BCUT2D eigenvalue weighted by atomic mass is 35.5. The van der Waals surface area contributed by atoms with Crippen LogP contribution in [0.15, 0.2) is 18.5 Å². The van der Waals surface area contributed by atoms with E-state index in [1.54, 1.807) is 7.11 Å². The summed E-state index contributed by atoms with van der Waals surface area (Å²) in [5.41, 5.74) is 0.522. The van der Waals surface area contributed by atoms with Crippen molar-refractivity contribution >= 4 is 34.4 Å². The number of hydrogen-bond donors (Lipinski definition) is 1. The molecule has 1 aliphatic rings. The van der Waals surface area contributed by atoms with Gasteiger partial charge in [0.2, 0.25) is 0 Å². The molecule has 1 saturated heterocycles. The van der Waals surface area contributed by atoms with Gasteiger partial charge in [-0.25, -0.2) is 14.8 Å². The van der Waals surface area contributed by atoms with E-state index in [9.17, 15) is 9.90 Å². The quantitative estimate of drug-likeness (QED) is 0.738. The second-order valence-corrected chi connectivity index (χ2v) is 8.44. The molecule has 2 heterocycles. The molecule has 1 aromatic carbocycles. The van der Waals surface area contributed by atoms with E-state index < -0.39 is 6.09 Å². The molecular weight excluding hydrogens is 396 g/mol. The van der Waals surface area contributed by atoms with Crippen LogP contribution in [0.1, 0.15) is 20.8 Å². The Kier molecular flexibility index (Phi) is 6.21. The molecule has 8 nitrogen and oxygen atoms in total. The zero-order valence-electron chi connectivity index (χ0n) is 17.2. The Morgan fingerprint density at radius 1 is 1.28 bits per heavy atom. The molecule has 0 aliphatic carbocycles. The summed E-state index contributed by atoms with van der Waals surface area (Å²) in [5, 5.41) is 10.4. The molecule has 1 aromatic heterocycles. The van der Waals surface area contributed by atoms with E-state index in [-0.39, 0.29) is 11.5 Å². The van der Waals surface area contributed by atoms with Crippen LogP contribution in [-0.2, 0) is 0 Å². The van der Waals surface area contributed by atoms with Crippen LogP contribution in [0.3, 0.4) is 0 Å². The largest absolute Gasteiger partial charge is 0.493 e. The summed E-state index contributed by atoms with van der Waals surface area (Å²) in [4.78, 5) is 24.3. The van der Waals surface area contributed by atoms with Gasteiger partial charge >= 0.3 is 6.09 Å². The number of rotatable bonds is 5. The number of fused-ring (bicyclic) bond motifs is 1. The zero-order valence-corrected chi connectivity index (χ0v) is 17.9. The fraction of sp³-hybridized carbons (Fsp3) is 0.550. The smallest absolute Gasteiger partial charge is 0.407 e. The Hall–Kier alpha value is -2.48. The number of anilines is 1. The van der Waals surface area contributed by atoms with Crippen LogP contribution >= 0.6 is 11.6 Å². The number of amides is 1. The SMILES string of the molecule is COc1cc2c(N3CCN(C(=O)O)C(C(C)(C)C)C3)ncnc2cc1OCCCl. The predicted molar refractivity (Wildman–Crippen MR) is 112 cm³/mol. The molecule has 0 bridgehead atoms. The molecule has 1 atom stereocenters. The van der Waals surface area contributed by atoms with Crippen molar-refractivity contribution < 1.29 is 19.4 Å². The second-order valence-electron chi connectivity index (χ2n) is 8.06. The molecule has 0 saturated carbocycles. The third-order valence-corrected chi connectivity index (χ3v) is 5.31. The highest BCUT2D eigenvalue weighted by Gasteiger charge is 2.38. The maximum Gasteiger partial charge on any atom is 0.407 e. The monoisotopic (exact) mass is 422 g/mol. The predicted octanol–water partition coefficient (Wildman–Crippen LogP) is 3.47. The van der Waals surface area contributed by atoms with Crippen molar-refractivity contribution in [1.82, 2.24) is 14.9 Å². The van der Waals surface area contributed by atoms with Crippen LogP contribution in [0.4, 0.5) is 10.6 Å². The molecule has 158 valence electrons. The molecular formula is C20H27ClN4O4. The van der Waals surface area contributed by atoms with Gasteiger partial charge in [-0.05, 0) is 11.5 Å². The molecule has 9 heteroatoms. The second kappa shape index (κ2) is 8.49. The standard InChI is InChI=1S/C20H27ClN4O4/c1-20(2,3)17-11-24(6-7-25(17)19(26)27)18-13-9-15(28-4)16(29-8-5-21)10-14(13)22-12-23-18/h9-10,12,17H,5-8,11H2,1-4H3,(H,26,27). The summed E-state index contributed by atoms with van der Waals surface area (Å²) in [6.45, 7) is 8.05. The number of alkyl halides is 1. The zero-order chi connectivity index (χ0) is 21.2. The van der Waals surface area contributed by atoms with Gasteiger partial charge in [0.25, 0.3) is 0 Å². The minimum Gasteiger partial charge on any atom is -0.493 e. The highest BCUT2D eigenvalue weighted by Crippen LogP contribution is 2.36. The first kappa shape index (κ1) is 21.2. The maximum absolute atomic E-state index is 11.7. The van der Waals surface area contributed by atoms with Crippen LogP contribution < -0.4 is 14.4 Å². The van der Waals surface area contributed by atoms with Gasteiger partial charge in [-0.3, -0.25) is 0 Å². The van der Waals surface area contributed by atoms with Crippen LogP contribution in [-0.4, -0.2) is 71.3 Å². The molecule has 0 radical (unpaired) electrons. The third-order valence-electron chi connectivity index (χ3n) is 5.16. The summed E-state index contributed by atoms with van der Waals surface area (Å²) in [6.07, 6.45) is 0.630. The first-order valence-corrected chi connectivity index (χ1v) is 10.1. The van der Waals surface area contributed by atoms with Gasteiger partial charge in [0, 0.05) is 31.1 Å². The van der Waals surface area contributed by atoms with E-state index in [0.29, 0.717) is 43.6 Å². The topological polar surface area (TPSA) is 88.0 Å². The summed E-state index contributed by atoms with van der Waals surface area (Å²) in [5.74, 6) is 2.29. The average molecular weight is 423 g/mol. The van der Waals surface area contributed by atoms with Crippen LogP contribution in [0, 0.1) is 5.41 Å². The van der Waals surface area contributed by atoms with Crippen molar-refractivity contribution in [2.45, 2.75) is 26.8 Å². The molecule has 2 aromatic rings. The fourth-order valence-corrected chi connectivity index (χ4v) is 3.75. The maximum atomic E-state index is 11.7. The molecule has 1 aliphatic heterocycles. The van der Waals surface area contributed by atoms with Crippen molar-refractivity contribution in [3.8, 4) is 11.5 Å². The molecule has 0 spiro atoms. The van der Waals surface area contributed by atoms with Crippen molar-refractivity contribution in [2.24, 2.45) is 5.41 Å². The lowest BCUT2D eigenvalue weighted by Gasteiger charge is -2.46. The average Bonchev–Trinajstić information content (AvgIpc) is 2.69. The van der Waals surface area contributed by atoms with E-state index in [1.807, 2.05) is 12.1 Å². The first-order chi connectivity index (χ1) is 13.8. The number of carboxylic acid groups (broad SMARTS) is 1. The molecule has 1 fully saturated rings. The minimum atomic E-state index is -0.889. The Morgan fingerprint density at radius 3 is 2.66 bits per heavy atom. The number of methoxy groups -OCH3 is 1. The van der Waals surface area contributed by atoms with E-state index >= 15 is 0 Å². The summed E-state index contributed by atoms with van der Waals surface area (Å²) >= 11 is 5.73. The van der Waals surface area contributed by atoms with E-state index in [2.05, 4.69) is 35.6 Å². The van der Waals surface area contributed by atoms with Crippen LogP contribution in [0.25, 0.3) is 10.9 Å². The third kappa shape index (κ3) is 4.42. The minimum absolute atomic E-state index is 0.160. The Labute approximate surface area is 175 Å². The number of ether oxygens (including phenoxy) is 2. The Balaban J connectivity index is 2.00. The van der Waals surface area contributed by atoms with Gasteiger partial charge < -0.3 is 24.4 Å². The fourth-order valence-electron chi connectivity index (χ4n) is 3.67. The van der Waals surface area contributed by atoms with Gasteiger partial charge in [-0.2, -0.15) is 0 Å². The number of aromatic nitrogens is 2. The lowest BCUT2D eigenvalue weighted by Crippen LogP contribution is -2.59. The summed E-state index contributed by atoms with van der Waals surface area (Å²) < 4.78 is 11.2. The molecule has 1 amide bonds. The number of hydrogen-bond acceptors (Lipinski definition) is 6. The van der Waals surface area contributed by atoms with Gasteiger partial charge in [0.05, 0.1) is 24.5 Å². The Morgan fingerprint density at radius 2 is 2.03 bits per heavy atom. The lowest BCUT2D eigenvalue weighted by molar-refractivity contribution is 0.0747. The van der Waals surface area contributed by atoms with Crippen LogP contribution in [0.2, 0.25) is 0 Å². The lowest BCUT2D eigenvalue weighted by atomic mass is 9.84.